The van der Waals surface area contributed by atoms with Crippen molar-refractivity contribution in [2.45, 2.75) is 62.5 Å². The van der Waals surface area contributed by atoms with Crippen LogP contribution in [0.2, 0.25) is 0 Å². The van der Waals surface area contributed by atoms with Gasteiger partial charge in [-0.2, -0.15) is 0 Å². The summed E-state index contributed by atoms with van der Waals surface area (Å²) in [5.74, 6) is 0. The molecule has 3 aliphatic rings. The van der Waals surface area contributed by atoms with Crippen LogP contribution in [0.4, 0.5) is 15.3 Å². The number of fused-ring (bicyclic) bond motifs is 1. The number of para-hydroxylation sites is 1. The van der Waals surface area contributed by atoms with Gasteiger partial charge in [0, 0.05) is 11.7 Å². The fraction of sp³-hybridized carbons (Fsp3) is 0.600. The molecule has 0 spiro atoms. The third-order valence-electron chi connectivity index (χ3n) is 5.54. The van der Waals surface area contributed by atoms with Crippen LogP contribution in [0.5, 0.6) is 0 Å². The van der Waals surface area contributed by atoms with Crippen molar-refractivity contribution < 1.29 is 23.8 Å². The van der Waals surface area contributed by atoms with Gasteiger partial charge in [0.15, 0.2) is 6.10 Å². The Bertz CT molecular complexity index is 680. The summed E-state index contributed by atoms with van der Waals surface area (Å²) in [6, 6.07) is 8.81. The molecular weight excluding hydrogens is 362 g/mol. The molecule has 0 bridgehead atoms. The molecule has 8 nitrogen and oxygen atoms in total. The van der Waals surface area contributed by atoms with Crippen LogP contribution in [0.25, 0.3) is 0 Å². The molecule has 0 aromatic heterocycles. The highest BCUT2D eigenvalue weighted by atomic mass is 16.6. The summed E-state index contributed by atoms with van der Waals surface area (Å²) in [5.41, 5.74) is 0.711. The number of carbonyl (C=O) groups excluding carboxylic acids is 2. The summed E-state index contributed by atoms with van der Waals surface area (Å²) in [6.45, 7) is 0.591. The van der Waals surface area contributed by atoms with Gasteiger partial charge in [-0.15, -0.1) is 0 Å². The van der Waals surface area contributed by atoms with E-state index in [1.165, 1.54) is 6.42 Å². The van der Waals surface area contributed by atoms with E-state index in [0.717, 1.165) is 25.7 Å². The minimum atomic E-state index is -0.461. The quantitative estimate of drug-likeness (QED) is 0.735. The Kier molecular flexibility index (Phi) is 5.97. The molecule has 3 fully saturated rings. The zero-order chi connectivity index (χ0) is 19.3. The molecule has 2 saturated heterocycles. The molecule has 28 heavy (non-hydrogen) atoms. The first-order chi connectivity index (χ1) is 13.7. The molecule has 3 amide bonds. The lowest BCUT2D eigenvalue weighted by Gasteiger charge is -2.24. The highest BCUT2D eigenvalue weighted by molar-refractivity contribution is 5.89. The van der Waals surface area contributed by atoms with Crippen molar-refractivity contribution in [1.82, 2.24) is 10.6 Å². The number of urea groups is 1. The predicted molar refractivity (Wildman–Crippen MR) is 102 cm³/mol. The van der Waals surface area contributed by atoms with Crippen molar-refractivity contribution in [2.75, 3.05) is 18.5 Å². The minimum absolute atomic E-state index is 0.194. The molecule has 2 aliphatic heterocycles. The average molecular weight is 389 g/mol. The third-order valence-corrected chi connectivity index (χ3v) is 5.54. The second-order valence-corrected chi connectivity index (χ2v) is 7.59. The molecule has 4 unspecified atom stereocenters. The summed E-state index contributed by atoms with van der Waals surface area (Å²) in [4.78, 5) is 24.4. The van der Waals surface area contributed by atoms with Crippen LogP contribution in [0.15, 0.2) is 30.3 Å². The van der Waals surface area contributed by atoms with Gasteiger partial charge in [-0.05, 0) is 25.0 Å². The van der Waals surface area contributed by atoms with Gasteiger partial charge in [0.2, 0.25) is 0 Å². The predicted octanol–water partition coefficient (Wildman–Crippen LogP) is 2.40. The zero-order valence-electron chi connectivity index (χ0n) is 15.8. The third kappa shape index (κ3) is 4.56. The highest BCUT2D eigenvalue weighted by Crippen LogP contribution is 2.29. The van der Waals surface area contributed by atoms with Gasteiger partial charge in [0.05, 0.1) is 19.3 Å². The van der Waals surface area contributed by atoms with E-state index in [0.29, 0.717) is 12.3 Å². The van der Waals surface area contributed by atoms with Crippen LogP contribution >= 0.6 is 0 Å². The Balaban J connectivity index is 1.24. The molecule has 152 valence electrons. The van der Waals surface area contributed by atoms with Crippen molar-refractivity contribution in [2.24, 2.45) is 0 Å². The van der Waals surface area contributed by atoms with Crippen LogP contribution in [-0.2, 0) is 14.2 Å². The number of carbonyl (C=O) groups is 2. The molecule has 1 aliphatic carbocycles. The Morgan fingerprint density at radius 2 is 1.68 bits per heavy atom. The van der Waals surface area contributed by atoms with E-state index >= 15 is 0 Å². The lowest BCUT2D eigenvalue weighted by atomic mass is 9.96. The number of hydrogen-bond acceptors (Lipinski definition) is 5. The van der Waals surface area contributed by atoms with E-state index < -0.39 is 12.2 Å². The lowest BCUT2D eigenvalue weighted by Crippen LogP contribution is -2.46. The number of rotatable bonds is 4. The first-order valence-electron chi connectivity index (χ1n) is 10.0. The summed E-state index contributed by atoms with van der Waals surface area (Å²) >= 11 is 0. The second-order valence-electron chi connectivity index (χ2n) is 7.59. The number of hydrogen-bond donors (Lipinski definition) is 3. The van der Waals surface area contributed by atoms with E-state index in [1.807, 2.05) is 30.3 Å². The van der Waals surface area contributed by atoms with Crippen LogP contribution in [0.3, 0.4) is 0 Å². The Morgan fingerprint density at radius 1 is 0.929 bits per heavy atom. The molecular formula is C20H27N3O5. The Hall–Kier alpha value is -2.32. The van der Waals surface area contributed by atoms with Gasteiger partial charge in [-0.3, -0.25) is 0 Å². The molecule has 3 N–H and O–H groups in total. The van der Waals surface area contributed by atoms with Crippen molar-refractivity contribution in [3.8, 4) is 0 Å². The monoisotopic (exact) mass is 389 g/mol. The van der Waals surface area contributed by atoms with Gasteiger partial charge < -0.3 is 30.2 Å². The zero-order valence-corrected chi connectivity index (χ0v) is 15.8. The van der Waals surface area contributed by atoms with Crippen molar-refractivity contribution in [3.63, 3.8) is 0 Å². The number of nitrogens with one attached hydrogen (secondary N) is 3. The molecule has 8 heteroatoms. The summed E-state index contributed by atoms with van der Waals surface area (Å²) in [6.07, 6.45) is 3.96. The maximum absolute atomic E-state index is 12.2. The van der Waals surface area contributed by atoms with Crippen LogP contribution < -0.4 is 16.0 Å². The van der Waals surface area contributed by atoms with E-state index in [4.69, 9.17) is 14.2 Å². The van der Waals surface area contributed by atoms with E-state index in [2.05, 4.69) is 16.0 Å². The van der Waals surface area contributed by atoms with Crippen molar-refractivity contribution in [1.29, 1.82) is 0 Å². The topological polar surface area (TPSA) is 97.9 Å². The maximum atomic E-state index is 12.2. The van der Waals surface area contributed by atoms with Crippen molar-refractivity contribution in [3.05, 3.63) is 30.3 Å². The summed E-state index contributed by atoms with van der Waals surface area (Å²) in [5, 5.41) is 8.61. The molecule has 4 atom stereocenters. The molecule has 1 aromatic rings. The SMILES string of the molecule is O=C(Nc1ccccc1)NC1COC2C(OC(=O)NC3CCCCC3)COC12. The Labute approximate surface area is 164 Å². The smallest absolute Gasteiger partial charge is 0.407 e. The van der Waals surface area contributed by atoms with Gasteiger partial charge in [-0.1, -0.05) is 37.5 Å². The van der Waals surface area contributed by atoms with Crippen LogP contribution in [0.1, 0.15) is 32.1 Å². The minimum Gasteiger partial charge on any atom is -0.441 e. The van der Waals surface area contributed by atoms with Crippen molar-refractivity contribution >= 4 is 17.8 Å². The average Bonchev–Trinajstić information content (AvgIpc) is 3.27. The fourth-order valence-electron chi connectivity index (χ4n) is 4.13. The van der Waals surface area contributed by atoms with E-state index in [-0.39, 0.29) is 36.9 Å². The van der Waals surface area contributed by atoms with Gasteiger partial charge in [0.1, 0.15) is 12.2 Å². The van der Waals surface area contributed by atoms with Crippen LogP contribution in [-0.4, -0.2) is 55.7 Å². The molecule has 1 saturated carbocycles. The first kappa shape index (κ1) is 19.0. The molecule has 4 rings (SSSR count). The second kappa shape index (κ2) is 8.79. The van der Waals surface area contributed by atoms with Gasteiger partial charge in [-0.25, -0.2) is 9.59 Å². The fourth-order valence-corrected chi connectivity index (χ4v) is 4.13. The van der Waals surface area contributed by atoms with E-state index in [9.17, 15) is 9.59 Å². The van der Waals surface area contributed by atoms with Gasteiger partial charge >= 0.3 is 12.1 Å². The first-order valence-corrected chi connectivity index (χ1v) is 10.0. The molecule has 1 aromatic carbocycles. The molecule has 0 radical (unpaired) electrons. The normalized spacial score (nSPS) is 29.7. The Morgan fingerprint density at radius 3 is 2.46 bits per heavy atom. The van der Waals surface area contributed by atoms with Crippen LogP contribution in [0, 0.1) is 0 Å². The number of anilines is 1. The summed E-state index contributed by atoms with van der Waals surface area (Å²) < 4.78 is 17.1. The number of benzene rings is 1. The summed E-state index contributed by atoms with van der Waals surface area (Å²) in [7, 11) is 0. The largest absolute Gasteiger partial charge is 0.441 e. The number of alkyl carbamates (subject to hydrolysis) is 1. The number of amides is 3. The molecule has 2 heterocycles. The van der Waals surface area contributed by atoms with Gasteiger partial charge in [0.25, 0.3) is 0 Å². The lowest BCUT2D eigenvalue weighted by molar-refractivity contribution is 0.00271. The standard InChI is InChI=1S/C20H27N3O5/c24-19(21-13-7-3-1-4-8-13)23-15-11-26-18-16(12-27-17(15)18)28-20(25)22-14-9-5-2-6-10-14/h1,3-4,7-8,14-18H,2,5-6,9-12H2,(H,22,25)(H2,21,23,24). The highest BCUT2D eigenvalue weighted by Gasteiger charge is 2.50. The maximum Gasteiger partial charge on any atom is 0.407 e. The van der Waals surface area contributed by atoms with E-state index in [1.54, 1.807) is 0 Å². The number of ether oxygens (including phenoxy) is 3.